The van der Waals surface area contributed by atoms with Gasteiger partial charge in [-0.1, -0.05) is 30.3 Å². The number of nitrogens with zero attached hydrogens (tertiary/aromatic N) is 1. The fraction of sp³-hybridized carbons (Fsp3) is 0.333. The molecule has 1 fully saturated rings. The highest BCUT2D eigenvalue weighted by Gasteiger charge is 2.21. The fourth-order valence-corrected chi connectivity index (χ4v) is 3.51. The van der Waals surface area contributed by atoms with Gasteiger partial charge in [-0.05, 0) is 49.1 Å². The molecule has 1 aliphatic heterocycles. The van der Waals surface area contributed by atoms with Gasteiger partial charge < -0.3 is 21.3 Å². The van der Waals surface area contributed by atoms with E-state index in [1.807, 2.05) is 55.5 Å². The highest BCUT2D eigenvalue weighted by Crippen LogP contribution is 2.26. The maximum Gasteiger partial charge on any atom is 0.312 e. The molecule has 0 bridgehead atoms. The molecule has 142 valence electrons. The summed E-state index contributed by atoms with van der Waals surface area (Å²) in [5.74, 6) is -0.286. The molecule has 0 saturated carbocycles. The SMILES string of the molecule is Cc1cc(NC(=O)C(Cc2ccccc2)NC(N)=O)ccc1N1CCCC1. The summed E-state index contributed by atoms with van der Waals surface area (Å²) < 4.78 is 0. The van der Waals surface area contributed by atoms with Crippen molar-refractivity contribution in [1.82, 2.24) is 5.32 Å². The number of rotatable bonds is 6. The summed E-state index contributed by atoms with van der Waals surface area (Å²) in [5, 5.41) is 5.44. The van der Waals surface area contributed by atoms with Crippen molar-refractivity contribution >= 4 is 23.3 Å². The van der Waals surface area contributed by atoms with Crippen LogP contribution in [0.25, 0.3) is 0 Å². The smallest absolute Gasteiger partial charge is 0.312 e. The first-order chi connectivity index (χ1) is 13.0. The minimum absolute atomic E-state index is 0.286. The lowest BCUT2D eigenvalue weighted by molar-refractivity contribution is -0.117. The number of benzene rings is 2. The second-order valence-electron chi connectivity index (χ2n) is 6.94. The number of nitrogens with two attached hydrogens (primary N) is 1. The Balaban J connectivity index is 1.70. The normalized spacial score (nSPS) is 14.6. The van der Waals surface area contributed by atoms with Crippen LogP contribution in [-0.4, -0.2) is 31.1 Å². The third-order valence-electron chi connectivity index (χ3n) is 4.83. The van der Waals surface area contributed by atoms with E-state index in [1.165, 1.54) is 18.5 Å². The molecule has 0 aliphatic carbocycles. The molecule has 0 aromatic heterocycles. The summed E-state index contributed by atoms with van der Waals surface area (Å²) in [6.07, 6.45) is 2.82. The molecule has 2 aromatic rings. The Kier molecular flexibility index (Phi) is 5.96. The highest BCUT2D eigenvalue weighted by atomic mass is 16.2. The lowest BCUT2D eigenvalue weighted by Gasteiger charge is -2.21. The van der Waals surface area contributed by atoms with E-state index in [9.17, 15) is 9.59 Å². The second-order valence-corrected chi connectivity index (χ2v) is 6.94. The van der Waals surface area contributed by atoms with Crippen molar-refractivity contribution in [1.29, 1.82) is 0 Å². The second kappa shape index (κ2) is 8.58. The number of amides is 3. The van der Waals surface area contributed by atoms with E-state index in [2.05, 4.69) is 15.5 Å². The highest BCUT2D eigenvalue weighted by molar-refractivity contribution is 5.97. The number of carbonyl (C=O) groups excluding carboxylic acids is 2. The maximum absolute atomic E-state index is 12.7. The molecular formula is C21H26N4O2. The number of primary amides is 1. The zero-order chi connectivity index (χ0) is 19.2. The van der Waals surface area contributed by atoms with Crippen LogP contribution >= 0.6 is 0 Å². The van der Waals surface area contributed by atoms with E-state index in [0.717, 1.165) is 24.2 Å². The largest absolute Gasteiger partial charge is 0.371 e. The predicted molar refractivity (Wildman–Crippen MR) is 108 cm³/mol. The van der Waals surface area contributed by atoms with Crippen LogP contribution in [0.15, 0.2) is 48.5 Å². The Labute approximate surface area is 159 Å². The average Bonchev–Trinajstić information content (AvgIpc) is 3.16. The number of hydrogen-bond acceptors (Lipinski definition) is 3. The molecule has 3 rings (SSSR count). The Morgan fingerprint density at radius 2 is 1.81 bits per heavy atom. The topological polar surface area (TPSA) is 87.5 Å². The van der Waals surface area contributed by atoms with Crippen LogP contribution in [0.1, 0.15) is 24.0 Å². The third kappa shape index (κ3) is 5.00. The molecule has 1 atom stereocenters. The van der Waals surface area contributed by atoms with Crippen molar-refractivity contribution in [2.45, 2.75) is 32.2 Å². The Hall–Kier alpha value is -3.02. The van der Waals surface area contributed by atoms with E-state index in [-0.39, 0.29) is 5.91 Å². The molecule has 0 radical (unpaired) electrons. The van der Waals surface area contributed by atoms with E-state index >= 15 is 0 Å². The van der Waals surface area contributed by atoms with Gasteiger partial charge in [0.2, 0.25) is 5.91 Å². The molecule has 6 nitrogen and oxygen atoms in total. The van der Waals surface area contributed by atoms with E-state index in [4.69, 9.17) is 5.73 Å². The van der Waals surface area contributed by atoms with Gasteiger partial charge in [0.1, 0.15) is 6.04 Å². The van der Waals surface area contributed by atoms with Crippen LogP contribution < -0.4 is 21.3 Å². The van der Waals surface area contributed by atoms with Crippen LogP contribution in [0.5, 0.6) is 0 Å². The van der Waals surface area contributed by atoms with Gasteiger partial charge in [0.25, 0.3) is 0 Å². The zero-order valence-corrected chi connectivity index (χ0v) is 15.6. The van der Waals surface area contributed by atoms with Gasteiger partial charge in [0.05, 0.1) is 0 Å². The number of carbonyl (C=O) groups is 2. The molecule has 1 heterocycles. The maximum atomic E-state index is 12.7. The lowest BCUT2D eigenvalue weighted by Crippen LogP contribution is -2.47. The van der Waals surface area contributed by atoms with Crippen molar-refractivity contribution < 1.29 is 9.59 Å². The number of nitrogens with one attached hydrogen (secondary N) is 2. The van der Waals surface area contributed by atoms with Crippen molar-refractivity contribution in [3.05, 3.63) is 59.7 Å². The first-order valence-electron chi connectivity index (χ1n) is 9.29. The van der Waals surface area contributed by atoms with Gasteiger partial charge in [-0.25, -0.2) is 4.79 Å². The number of hydrogen-bond donors (Lipinski definition) is 3. The Bertz CT molecular complexity index is 801. The molecule has 0 spiro atoms. The van der Waals surface area contributed by atoms with Crippen LogP contribution in [0.4, 0.5) is 16.2 Å². The first-order valence-corrected chi connectivity index (χ1v) is 9.29. The standard InChI is InChI=1S/C21H26N4O2/c1-15-13-17(9-10-19(15)25-11-5-6-12-25)23-20(26)18(24-21(22)27)14-16-7-3-2-4-8-16/h2-4,7-10,13,18H,5-6,11-12,14H2,1H3,(H,23,26)(H3,22,24,27). The van der Waals surface area contributed by atoms with E-state index in [0.29, 0.717) is 12.1 Å². The van der Waals surface area contributed by atoms with E-state index in [1.54, 1.807) is 0 Å². The summed E-state index contributed by atoms with van der Waals surface area (Å²) in [5.41, 5.74) is 9.25. The third-order valence-corrected chi connectivity index (χ3v) is 4.83. The average molecular weight is 366 g/mol. The molecule has 27 heavy (non-hydrogen) atoms. The molecule has 1 unspecified atom stereocenters. The Morgan fingerprint density at radius 3 is 2.44 bits per heavy atom. The van der Waals surface area contributed by atoms with Gasteiger partial charge in [0, 0.05) is 30.9 Å². The lowest BCUT2D eigenvalue weighted by atomic mass is 10.0. The molecule has 2 aromatic carbocycles. The number of anilines is 2. The van der Waals surface area contributed by atoms with Crippen molar-refractivity contribution in [2.24, 2.45) is 5.73 Å². The predicted octanol–water partition coefficient (Wildman–Crippen LogP) is 2.81. The minimum atomic E-state index is -0.733. The molecule has 6 heteroatoms. The van der Waals surface area contributed by atoms with Gasteiger partial charge in [-0.15, -0.1) is 0 Å². The van der Waals surface area contributed by atoms with Crippen LogP contribution in [-0.2, 0) is 11.2 Å². The Morgan fingerprint density at radius 1 is 1.11 bits per heavy atom. The van der Waals surface area contributed by atoms with Crippen LogP contribution in [0.3, 0.4) is 0 Å². The molecule has 1 aliphatic rings. The van der Waals surface area contributed by atoms with Gasteiger partial charge in [-0.3, -0.25) is 4.79 Å². The summed E-state index contributed by atoms with van der Waals surface area (Å²) >= 11 is 0. The number of aryl methyl sites for hydroxylation is 1. The minimum Gasteiger partial charge on any atom is -0.371 e. The van der Waals surface area contributed by atoms with Gasteiger partial charge >= 0.3 is 6.03 Å². The van der Waals surface area contributed by atoms with Crippen molar-refractivity contribution in [2.75, 3.05) is 23.3 Å². The molecule has 4 N–H and O–H groups in total. The van der Waals surface area contributed by atoms with Crippen LogP contribution in [0, 0.1) is 6.92 Å². The summed E-state index contributed by atoms with van der Waals surface area (Å²) in [6, 6.07) is 14.0. The fourth-order valence-electron chi connectivity index (χ4n) is 3.51. The molecular weight excluding hydrogens is 340 g/mol. The zero-order valence-electron chi connectivity index (χ0n) is 15.6. The van der Waals surface area contributed by atoms with Crippen LogP contribution in [0.2, 0.25) is 0 Å². The van der Waals surface area contributed by atoms with Crippen molar-refractivity contribution in [3.8, 4) is 0 Å². The summed E-state index contributed by atoms with van der Waals surface area (Å²) in [7, 11) is 0. The quantitative estimate of drug-likeness (QED) is 0.735. The molecule has 3 amide bonds. The van der Waals surface area contributed by atoms with Gasteiger partial charge in [0.15, 0.2) is 0 Å². The summed E-state index contributed by atoms with van der Waals surface area (Å²) in [6.45, 7) is 4.20. The monoisotopic (exact) mass is 366 g/mol. The van der Waals surface area contributed by atoms with Gasteiger partial charge in [-0.2, -0.15) is 0 Å². The molecule has 1 saturated heterocycles. The summed E-state index contributed by atoms with van der Waals surface area (Å²) in [4.78, 5) is 26.4. The number of urea groups is 1. The van der Waals surface area contributed by atoms with E-state index < -0.39 is 12.1 Å². The first kappa shape index (κ1) is 18.8. The van der Waals surface area contributed by atoms with Crippen molar-refractivity contribution in [3.63, 3.8) is 0 Å².